The van der Waals surface area contributed by atoms with Crippen LogP contribution >= 0.6 is 0 Å². The predicted molar refractivity (Wildman–Crippen MR) is 163 cm³/mol. The molecule has 0 radical (unpaired) electrons. The van der Waals surface area contributed by atoms with E-state index in [9.17, 15) is 22.8 Å². The van der Waals surface area contributed by atoms with Crippen LogP contribution < -0.4 is 14.8 Å². The molecule has 0 aromatic heterocycles. The molecule has 1 aliphatic heterocycles. The minimum Gasteiger partial charge on any atom is -0.492 e. The summed E-state index contributed by atoms with van der Waals surface area (Å²) in [5.74, 6) is -2.92. The zero-order valence-corrected chi connectivity index (χ0v) is 25.9. The van der Waals surface area contributed by atoms with Gasteiger partial charge in [-0.15, -0.1) is 0 Å². The third-order valence-corrected chi connectivity index (χ3v) is 8.37. The summed E-state index contributed by atoms with van der Waals surface area (Å²) < 4.78 is 58.0. The lowest BCUT2D eigenvalue weighted by Crippen LogP contribution is -2.37. The molecule has 4 atom stereocenters. The van der Waals surface area contributed by atoms with Gasteiger partial charge in [0.05, 0.1) is 12.2 Å². The molecule has 3 aromatic rings. The van der Waals surface area contributed by atoms with Crippen LogP contribution in [0.5, 0.6) is 11.5 Å². The number of carbonyl (C=O) groups is 2. The van der Waals surface area contributed by atoms with Gasteiger partial charge in [0, 0.05) is 38.2 Å². The molecule has 45 heavy (non-hydrogen) atoms. The number of nitrogens with zero attached hydrogens (tertiary/aromatic N) is 1. The number of nitrogens with one attached hydrogen (secondary N) is 1. The summed E-state index contributed by atoms with van der Waals surface area (Å²) in [4.78, 5) is 26.8. The summed E-state index contributed by atoms with van der Waals surface area (Å²) in [6.07, 6.45) is -0.449. The Morgan fingerprint density at radius 1 is 0.911 bits per heavy atom. The summed E-state index contributed by atoms with van der Waals surface area (Å²) >= 11 is 0. The number of likely N-dealkylation sites (tertiary alicyclic amines) is 1. The first kappa shape index (κ1) is 32.3. The molecule has 1 amide bonds. The van der Waals surface area contributed by atoms with Crippen LogP contribution in [0.3, 0.4) is 0 Å². The van der Waals surface area contributed by atoms with Crippen molar-refractivity contribution < 1.29 is 37.0 Å². The van der Waals surface area contributed by atoms with Crippen molar-refractivity contribution in [2.75, 3.05) is 32.8 Å². The number of ether oxygens (including phenoxy) is 3. The standard InChI is InChI=1S/C35H39F3N2O5/c1-5-43-34(42)31(45-24-12-8-22(9-13-24)35(2,3)4)16-21-6-10-23(11-7-21)44-15-14-39-32-26-19-40(20-27(26)32)33(41)25-17-29(37)30(38)18-28(25)36/h6-13,17-18,26-27,31-32,39H,5,14-16,19-20H2,1-4H3/t26-,27?,31-,32+/m0/s1. The third-order valence-electron chi connectivity index (χ3n) is 8.37. The highest BCUT2D eigenvalue weighted by Gasteiger charge is 2.56. The molecule has 3 aromatic carbocycles. The van der Waals surface area contributed by atoms with Gasteiger partial charge in [0.2, 0.25) is 0 Å². The first-order valence-electron chi connectivity index (χ1n) is 15.3. The number of benzene rings is 3. The number of carbonyl (C=O) groups excluding carboxylic acids is 2. The smallest absolute Gasteiger partial charge is 0.347 e. The van der Waals surface area contributed by atoms with Gasteiger partial charge in [0.15, 0.2) is 17.7 Å². The molecule has 1 N–H and O–H groups in total. The van der Waals surface area contributed by atoms with Crippen LogP contribution in [0.25, 0.3) is 0 Å². The van der Waals surface area contributed by atoms with Gasteiger partial charge in [-0.05, 0) is 65.6 Å². The maximum atomic E-state index is 14.0. The lowest BCUT2D eigenvalue weighted by atomic mass is 9.87. The maximum absolute atomic E-state index is 14.0. The third kappa shape index (κ3) is 7.79. The number of esters is 1. The van der Waals surface area contributed by atoms with Crippen molar-refractivity contribution in [1.82, 2.24) is 10.2 Å². The lowest BCUT2D eigenvalue weighted by Gasteiger charge is -2.21. The zero-order valence-electron chi connectivity index (χ0n) is 25.9. The average molecular weight is 625 g/mol. The van der Waals surface area contributed by atoms with Gasteiger partial charge in [-0.2, -0.15) is 0 Å². The Morgan fingerprint density at radius 2 is 1.53 bits per heavy atom. The summed E-state index contributed by atoms with van der Waals surface area (Å²) in [6.45, 7) is 10.3. The molecule has 2 fully saturated rings. The van der Waals surface area contributed by atoms with Crippen LogP contribution in [-0.2, 0) is 21.4 Å². The van der Waals surface area contributed by atoms with Crippen molar-refractivity contribution in [3.63, 3.8) is 0 Å². The van der Waals surface area contributed by atoms with Crippen LogP contribution in [0.4, 0.5) is 13.2 Å². The first-order valence-corrected chi connectivity index (χ1v) is 15.3. The molecule has 1 aliphatic carbocycles. The Morgan fingerprint density at radius 3 is 2.16 bits per heavy atom. The Kier molecular flexibility index (Phi) is 9.72. The van der Waals surface area contributed by atoms with Crippen LogP contribution in [0.15, 0.2) is 60.7 Å². The molecular weight excluding hydrogens is 585 g/mol. The van der Waals surface area contributed by atoms with Crippen molar-refractivity contribution in [1.29, 1.82) is 0 Å². The van der Waals surface area contributed by atoms with Gasteiger partial charge in [-0.1, -0.05) is 45.0 Å². The molecule has 1 saturated heterocycles. The van der Waals surface area contributed by atoms with E-state index in [0.717, 1.165) is 5.56 Å². The van der Waals surface area contributed by atoms with Gasteiger partial charge in [-0.25, -0.2) is 18.0 Å². The second-order valence-electron chi connectivity index (χ2n) is 12.6. The van der Waals surface area contributed by atoms with Gasteiger partial charge in [0.25, 0.3) is 5.91 Å². The van der Waals surface area contributed by atoms with Crippen molar-refractivity contribution in [3.8, 4) is 11.5 Å². The average Bonchev–Trinajstić information content (AvgIpc) is 3.44. The van der Waals surface area contributed by atoms with Gasteiger partial charge in [-0.3, -0.25) is 4.79 Å². The van der Waals surface area contributed by atoms with Gasteiger partial charge in [0.1, 0.15) is 23.9 Å². The summed E-state index contributed by atoms with van der Waals surface area (Å²) in [5, 5.41) is 3.44. The number of fused-ring (bicyclic) bond motifs is 1. The Labute approximate surface area is 261 Å². The van der Waals surface area contributed by atoms with Crippen LogP contribution in [0, 0.1) is 29.3 Å². The molecule has 5 rings (SSSR count). The molecule has 1 unspecified atom stereocenters. The summed E-state index contributed by atoms with van der Waals surface area (Å²) in [6, 6.07) is 16.5. The fraction of sp³-hybridized carbons (Fsp3) is 0.429. The molecule has 240 valence electrons. The minimum absolute atomic E-state index is 0.0130. The van der Waals surface area contributed by atoms with Crippen molar-refractivity contribution in [2.24, 2.45) is 11.8 Å². The Bertz CT molecular complexity index is 1500. The van der Waals surface area contributed by atoms with Crippen molar-refractivity contribution in [3.05, 3.63) is 94.8 Å². The molecule has 0 spiro atoms. The number of amides is 1. The van der Waals surface area contributed by atoms with Crippen LogP contribution in [0.2, 0.25) is 0 Å². The summed E-state index contributed by atoms with van der Waals surface area (Å²) in [5.41, 5.74) is 1.64. The maximum Gasteiger partial charge on any atom is 0.347 e. The van der Waals surface area contributed by atoms with Gasteiger partial charge >= 0.3 is 5.97 Å². The van der Waals surface area contributed by atoms with Crippen LogP contribution in [-0.4, -0.2) is 61.8 Å². The number of halogens is 3. The minimum atomic E-state index is -1.32. The highest BCUT2D eigenvalue weighted by Crippen LogP contribution is 2.45. The van der Waals surface area contributed by atoms with E-state index in [0.29, 0.717) is 56.3 Å². The second-order valence-corrected chi connectivity index (χ2v) is 12.6. The van der Waals surface area contributed by atoms with E-state index in [-0.39, 0.29) is 29.9 Å². The van der Waals surface area contributed by atoms with E-state index in [4.69, 9.17) is 14.2 Å². The molecule has 7 nitrogen and oxygen atoms in total. The Hall–Kier alpha value is -4.05. The van der Waals surface area contributed by atoms with E-state index in [1.165, 1.54) is 10.5 Å². The highest BCUT2D eigenvalue weighted by atomic mass is 19.2. The zero-order chi connectivity index (χ0) is 32.3. The topological polar surface area (TPSA) is 77.1 Å². The number of piperidine rings is 1. The quantitative estimate of drug-likeness (QED) is 0.159. The number of hydrogen-bond acceptors (Lipinski definition) is 6. The summed E-state index contributed by atoms with van der Waals surface area (Å²) in [7, 11) is 0. The first-order chi connectivity index (χ1) is 21.4. The molecule has 1 saturated carbocycles. The monoisotopic (exact) mass is 624 g/mol. The highest BCUT2D eigenvalue weighted by molar-refractivity contribution is 5.94. The van der Waals surface area contributed by atoms with Gasteiger partial charge < -0.3 is 24.4 Å². The molecule has 2 aliphatic rings. The van der Waals surface area contributed by atoms with E-state index < -0.39 is 41.0 Å². The molecule has 0 bridgehead atoms. The normalized spacial score (nSPS) is 19.5. The number of hydrogen-bond donors (Lipinski definition) is 1. The van der Waals surface area contributed by atoms with E-state index in [2.05, 4.69) is 26.1 Å². The molecule has 1 heterocycles. The largest absolute Gasteiger partial charge is 0.492 e. The SMILES string of the molecule is CCOC(=O)[C@H](Cc1ccc(OCCN[C@H]2C3CN(C(=O)c4cc(F)c(F)cc4F)C[C@@H]32)cc1)Oc1ccc(C(C)(C)C)cc1. The van der Waals surface area contributed by atoms with E-state index in [1.54, 1.807) is 6.92 Å². The van der Waals surface area contributed by atoms with Crippen molar-refractivity contribution >= 4 is 11.9 Å². The van der Waals surface area contributed by atoms with Crippen LogP contribution in [0.1, 0.15) is 49.2 Å². The van der Waals surface area contributed by atoms with E-state index in [1.807, 2.05) is 48.5 Å². The fourth-order valence-corrected chi connectivity index (χ4v) is 5.79. The molecule has 10 heteroatoms. The fourth-order valence-electron chi connectivity index (χ4n) is 5.79. The lowest BCUT2D eigenvalue weighted by molar-refractivity contribution is -0.151. The second kappa shape index (κ2) is 13.5. The Balaban J connectivity index is 1.05. The van der Waals surface area contributed by atoms with Crippen molar-refractivity contribution in [2.45, 2.75) is 51.7 Å². The number of rotatable bonds is 12. The van der Waals surface area contributed by atoms with E-state index >= 15 is 0 Å². The molecular formula is C35H39F3N2O5. The predicted octanol–water partition coefficient (Wildman–Crippen LogP) is 5.69.